The van der Waals surface area contributed by atoms with Gasteiger partial charge in [0.1, 0.15) is 0 Å². The van der Waals surface area contributed by atoms with Crippen molar-refractivity contribution >= 4 is 23.2 Å². The molecule has 7 nitrogen and oxygen atoms in total. The van der Waals surface area contributed by atoms with Crippen molar-refractivity contribution in [1.29, 1.82) is 0 Å². The predicted octanol–water partition coefficient (Wildman–Crippen LogP) is 2.30. The molecule has 0 radical (unpaired) electrons. The molecule has 1 aliphatic carbocycles. The zero-order valence-corrected chi connectivity index (χ0v) is 15.9. The molecule has 8 heteroatoms. The predicted molar refractivity (Wildman–Crippen MR) is 98.2 cm³/mol. The van der Waals surface area contributed by atoms with Gasteiger partial charge in [0.25, 0.3) is 11.8 Å². The summed E-state index contributed by atoms with van der Waals surface area (Å²) >= 11 is 1.55. The Morgan fingerprint density at radius 3 is 2.62 bits per heavy atom. The van der Waals surface area contributed by atoms with Crippen LogP contribution in [0.2, 0.25) is 0 Å². The molecule has 138 valence electrons. The van der Waals surface area contributed by atoms with E-state index in [1.165, 1.54) is 4.90 Å². The van der Waals surface area contributed by atoms with Crippen LogP contribution >= 0.6 is 11.3 Å². The Bertz CT molecular complexity index is 805. The first-order valence-corrected chi connectivity index (χ1v) is 9.89. The average Bonchev–Trinajstić information content (AvgIpc) is 3.32. The quantitative estimate of drug-likeness (QED) is 0.828. The lowest BCUT2D eigenvalue weighted by Gasteiger charge is -2.53. The number of rotatable bonds is 3. The van der Waals surface area contributed by atoms with Crippen LogP contribution in [0.3, 0.4) is 0 Å². The lowest BCUT2D eigenvalue weighted by molar-refractivity contribution is -0.0268. The van der Waals surface area contributed by atoms with Crippen LogP contribution in [0.25, 0.3) is 0 Å². The van der Waals surface area contributed by atoms with Crippen LogP contribution in [0, 0.1) is 5.41 Å². The van der Waals surface area contributed by atoms with Gasteiger partial charge in [0.15, 0.2) is 5.69 Å². The fraction of sp³-hybridized carbons (Fsp3) is 0.556. The minimum Gasteiger partial charge on any atom is -0.343 e. The molecule has 0 aromatic carbocycles. The summed E-state index contributed by atoms with van der Waals surface area (Å²) in [5, 5.41) is 12.1. The standard InChI is InChI=1S/C18H23N5O2S/c1-21(2)17(25)14-11-23(20-19-14)15-3-5-18(15)6-8-22(9-7-18)16(24)13-4-10-26-12-13/h4,10-12,15H,3,5-9H2,1-2H3. The summed E-state index contributed by atoms with van der Waals surface area (Å²) < 4.78 is 1.87. The van der Waals surface area contributed by atoms with Gasteiger partial charge >= 0.3 is 0 Å². The highest BCUT2D eigenvalue weighted by Gasteiger charge is 2.50. The maximum absolute atomic E-state index is 12.5. The fourth-order valence-electron chi connectivity index (χ4n) is 4.16. The van der Waals surface area contributed by atoms with Crippen molar-refractivity contribution in [2.45, 2.75) is 31.7 Å². The van der Waals surface area contributed by atoms with Crippen molar-refractivity contribution in [2.75, 3.05) is 27.2 Å². The molecular weight excluding hydrogens is 350 g/mol. The van der Waals surface area contributed by atoms with Crippen LogP contribution in [0.1, 0.15) is 52.6 Å². The van der Waals surface area contributed by atoms with Crippen molar-refractivity contribution < 1.29 is 9.59 Å². The lowest BCUT2D eigenvalue weighted by Crippen LogP contribution is -2.51. The smallest absolute Gasteiger partial charge is 0.275 e. The van der Waals surface area contributed by atoms with Gasteiger partial charge < -0.3 is 9.80 Å². The molecular formula is C18H23N5O2S. The van der Waals surface area contributed by atoms with E-state index in [-0.39, 0.29) is 23.3 Å². The van der Waals surface area contributed by atoms with E-state index in [1.54, 1.807) is 31.6 Å². The topological polar surface area (TPSA) is 71.3 Å². The molecule has 1 atom stereocenters. The molecule has 1 spiro atoms. The van der Waals surface area contributed by atoms with Gasteiger partial charge in [-0.25, -0.2) is 4.68 Å². The zero-order valence-electron chi connectivity index (χ0n) is 15.1. The Morgan fingerprint density at radius 2 is 2.04 bits per heavy atom. The molecule has 2 aromatic heterocycles. The molecule has 0 N–H and O–H groups in total. The van der Waals surface area contributed by atoms with E-state index in [0.717, 1.165) is 44.3 Å². The Morgan fingerprint density at radius 1 is 1.27 bits per heavy atom. The Kier molecular flexibility index (Phi) is 4.30. The lowest BCUT2D eigenvalue weighted by atomic mass is 9.59. The van der Waals surface area contributed by atoms with Gasteiger partial charge in [-0.3, -0.25) is 9.59 Å². The summed E-state index contributed by atoms with van der Waals surface area (Å²) in [6, 6.07) is 2.17. The number of amides is 2. The van der Waals surface area contributed by atoms with Crippen molar-refractivity contribution in [3.05, 3.63) is 34.3 Å². The van der Waals surface area contributed by atoms with Crippen molar-refractivity contribution in [2.24, 2.45) is 5.41 Å². The largest absolute Gasteiger partial charge is 0.343 e. The van der Waals surface area contributed by atoms with Crippen molar-refractivity contribution in [3.63, 3.8) is 0 Å². The fourth-order valence-corrected chi connectivity index (χ4v) is 4.79. The summed E-state index contributed by atoms with van der Waals surface area (Å²) in [6.45, 7) is 1.56. The van der Waals surface area contributed by atoms with Crippen molar-refractivity contribution in [1.82, 2.24) is 24.8 Å². The average molecular weight is 373 g/mol. The molecule has 1 saturated heterocycles. The first-order valence-electron chi connectivity index (χ1n) is 8.95. The number of hydrogen-bond acceptors (Lipinski definition) is 5. The summed E-state index contributed by atoms with van der Waals surface area (Å²) in [5.74, 6) is 0.0115. The Labute approximate surface area is 156 Å². The highest BCUT2D eigenvalue weighted by molar-refractivity contribution is 7.08. The second-order valence-electron chi connectivity index (χ2n) is 7.50. The number of likely N-dealkylation sites (tertiary alicyclic amines) is 1. The molecule has 2 fully saturated rings. The highest BCUT2D eigenvalue weighted by atomic mass is 32.1. The molecule has 2 amide bonds. The first kappa shape index (κ1) is 17.2. The number of aromatic nitrogens is 3. The maximum Gasteiger partial charge on any atom is 0.275 e. The molecule has 3 heterocycles. The summed E-state index contributed by atoms with van der Waals surface area (Å²) in [5.41, 5.74) is 1.36. The van der Waals surface area contributed by atoms with E-state index in [1.807, 2.05) is 26.4 Å². The van der Waals surface area contributed by atoms with Crippen LogP contribution < -0.4 is 0 Å². The first-order chi connectivity index (χ1) is 12.5. The van der Waals surface area contributed by atoms with E-state index in [4.69, 9.17) is 0 Å². The number of thiophene rings is 1. The van der Waals surface area contributed by atoms with Gasteiger partial charge in [-0.2, -0.15) is 11.3 Å². The molecule has 1 saturated carbocycles. The number of nitrogens with zero attached hydrogens (tertiary/aromatic N) is 5. The third-order valence-electron chi connectivity index (χ3n) is 5.89. The summed E-state index contributed by atoms with van der Waals surface area (Å²) in [6.07, 6.45) is 5.93. The van der Waals surface area contributed by atoms with E-state index in [0.29, 0.717) is 5.69 Å². The van der Waals surface area contributed by atoms with Gasteiger partial charge in [-0.15, -0.1) is 5.10 Å². The van der Waals surface area contributed by atoms with Gasteiger partial charge in [0.2, 0.25) is 0 Å². The van der Waals surface area contributed by atoms with Gasteiger partial charge in [-0.05, 0) is 42.5 Å². The molecule has 1 aliphatic heterocycles. The number of carbonyl (C=O) groups excluding carboxylic acids is 2. The van der Waals surface area contributed by atoms with Gasteiger partial charge in [0.05, 0.1) is 17.8 Å². The number of hydrogen-bond donors (Lipinski definition) is 0. The molecule has 2 aromatic rings. The van der Waals surface area contributed by atoms with Gasteiger partial charge in [0, 0.05) is 32.6 Å². The minimum atomic E-state index is -0.124. The Hall–Kier alpha value is -2.22. The summed E-state index contributed by atoms with van der Waals surface area (Å²) in [4.78, 5) is 28.1. The normalized spacial score (nSPS) is 21.5. The van der Waals surface area contributed by atoms with Crippen LogP contribution in [-0.4, -0.2) is 63.8 Å². The Balaban J connectivity index is 1.43. The van der Waals surface area contributed by atoms with E-state index < -0.39 is 0 Å². The highest BCUT2D eigenvalue weighted by Crippen LogP contribution is 2.56. The van der Waals surface area contributed by atoms with Gasteiger partial charge in [-0.1, -0.05) is 5.21 Å². The minimum absolute atomic E-state index is 0.124. The van der Waals surface area contributed by atoms with Crippen molar-refractivity contribution in [3.8, 4) is 0 Å². The number of carbonyl (C=O) groups is 2. The molecule has 4 rings (SSSR count). The van der Waals surface area contributed by atoms with E-state index in [2.05, 4.69) is 10.3 Å². The number of piperidine rings is 1. The zero-order chi connectivity index (χ0) is 18.3. The van der Waals surface area contributed by atoms with Crippen LogP contribution in [0.5, 0.6) is 0 Å². The second kappa shape index (κ2) is 6.50. The SMILES string of the molecule is CN(C)C(=O)c1cn(C2CCC23CCN(C(=O)c2ccsc2)CC3)nn1. The molecule has 0 bridgehead atoms. The summed E-state index contributed by atoms with van der Waals surface area (Å²) in [7, 11) is 3.43. The van der Waals surface area contributed by atoms with Crippen LogP contribution in [0.4, 0.5) is 0 Å². The second-order valence-corrected chi connectivity index (χ2v) is 8.28. The monoisotopic (exact) mass is 373 g/mol. The van der Waals surface area contributed by atoms with E-state index >= 15 is 0 Å². The maximum atomic E-state index is 12.5. The molecule has 26 heavy (non-hydrogen) atoms. The molecule has 2 aliphatic rings. The van der Waals surface area contributed by atoms with E-state index in [9.17, 15) is 9.59 Å². The van der Waals surface area contributed by atoms with Crippen LogP contribution in [0.15, 0.2) is 23.0 Å². The third-order valence-corrected chi connectivity index (χ3v) is 6.58. The molecule has 1 unspecified atom stereocenters. The van der Waals surface area contributed by atoms with Crippen LogP contribution in [-0.2, 0) is 0 Å². The third kappa shape index (κ3) is 2.82.